The molecule has 5 rings (SSSR count). The summed E-state index contributed by atoms with van der Waals surface area (Å²) in [6.45, 7) is 4.56. The molecule has 0 saturated carbocycles. The molecule has 1 saturated heterocycles. The van der Waals surface area contributed by atoms with E-state index in [2.05, 4.69) is 21.3 Å². The molecule has 39 heavy (non-hydrogen) atoms. The third kappa shape index (κ3) is 5.22. The second kappa shape index (κ2) is 10.5. The average Bonchev–Trinajstić information content (AvgIpc) is 3.33. The van der Waals surface area contributed by atoms with E-state index in [0.29, 0.717) is 47.0 Å². The van der Waals surface area contributed by atoms with Gasteiger partial charge in [-0.2, -0.15) is 5.10 Å². The van der Waals surface area contributed by atoms with Crippen LogP contribution in [0.2, 0.25) is 0 Å². The van der Waals surface area contributed by atoms with E-state index in [1.54, 1.807) is 33.8 Å². The Bertz CT molecular complexity index is 1670. The molecule has 1 atom stereocenters. The number of aromatic nitrogens is 4. The molecule has 4 aromatic rings. The Hall–Kier alpha value is -4.23. The van der Waals surface area contributed by atoms with E-state index < -0.39 is 26.6 Å². The van der Waals surface area contributed by atoms with E-state index in [9.17, 15) is 22.0 Å². The monoisotopic (exact) mass is 553 g/mol. The lowest BCUT2D eigenvalue weighted by Gasteiger charge is -2.32. The zero-order chi connectivity index (χ0) is 27.7. The molecular weight excluding hydrogens is 528 g/mol. The van der Waals surface area contributed by atoms with Gasteiger partial charge in [0.15, 0.2) is 5.65 Å². The molecule has 1 amide bonds. The number of hydrogen-bond acceptors (Lipinski definition) is 7. The Morgan fingerprint density at radius 1 is 1.18 bits per heavy atom. The highest BCUT2D eigenvalue weighted by Crippen LogP contribution is 2.34. The van der Waals surface area contributed by atoms with Gasteiger partial charge >= 0.3 is 0 Å². The van der Waals surface area contributed by atoms with Gasteiger partial charge < -0.3 is 10.6 Å². The molecule has 1 unspecified atom stereocenters. The van der Waals surface area contributed by atoms with Crippen molar-refractivity contribution < 1.29 is 22.0 Å². The van der Waals surface area contributed by atoms with E-state index in [0.717, 1.165) is 25.0 Å². The number of likely N-dealkylation sites (tertiary alicyclic amines) is 1. The first-order valence-corrected chi connectivity index (χ1v) is 13.6. The minimum atomic E-state index is -4.20. The number of halogens is 2. The molecule has 3 heterocycles. The molecule has 1 fully saturated rings. The van der Waals surface area contributed by atoms with Gasteiger partial charge in [0.2, 0.25) is 15.9 Å². The van der Waals surface area contributed by atoms with Crippen LogP contribution in [0.4, 0.5) is 14.6 Å². The van der Waals surface area contributed by atoms with Gasteiger partial charge in [-0.1, -0.05) is 30.8 Å². The second-order valence-corrected chi connectivity index (χ2v) is 10.9. The zero-order valence-corrected chi connectivity index (χ0v) is 21.5. The highest BCUT2D eigenvalue weighted by molar-refractivity contribution is 7.89. The molecule has 0 radical (unpaired) electrons. The van der Waals surface area contributed by atoms with Crippen LogP contribution in [0.15, 0.2) is 66.3 Å². The molecule has 1 aliphatic rings. The molecule has 3 N–H and O–H groups in total. The van der Waals surface area contributed by atoms with Crippen LogP contribution in [-0.2, 0) is 21.4 Å². The summed E-state index contributed by atoms with van der Waals surface area (Å²) in [6.07, 6.45) is 4.27. The van der Waals surface area contributed by atoms with E-state index in [4.69, 9.17) is 10.8 Å². The largest absolute Gasteiger partial charge is 0.383 e. The SMILES string of the molecule is C=CC(=O)N1CCCC(n2nc(-c3ccc(CNS(=O)(=O)c4ccc(F)cc4F)cc3)c3c(N)ncnc32)C1. The summed E-state index contributed by atoms with van der Waals surface area (Å²) in [5.74, 6) is -1.92. The van der Waals surface area contributed by atoms with Gasteiger partial charge in [0.1, 0.15) is 34.4 Å². The zero-order valence-electron chi connectivity index (χ0n) is 20.7. The predicted molar refractivity (Wildman–Crippen MR) is 141 cm³/mol. The van der Waals surface area contributed by atoms with Gasteiger partial charge in [0.05, 0.1) is 11.4 Å². The highest BCUT2D eigenvalue weighted by Gasteiger charge is 2.28. The third-order valence-electron chi connectivity index (χ3n) is 6.62. The maximum atomic E-state index is 14.0. The summed E-state index contributed by atoms with van der Waals surface area (Å²) in [4.78, 5) is 21.8. The fraction of sp³-hybridized carbons (Fsp3) is 0.231. The summed E-state index contributed by atoms with van der Waals surface area (Å²) in [5.41, 5.74) is 8.63. The Labute approximate surface area is 223 Å². The molecule has 202 valence electrons. The molecule has 0 aliphatic carbocycles. The number of anilines is 1. The molecular formula is C26H25F2N7O3S. The van der Waals surface area contributed by atoms with Crippen molar-refractivity contribution in [2.75, 3.05) is 18.8 Å². The number of sulfonamides is 1. The van der Waals surface area contributed by atoms with Crippen molar-refractivity contribution in [3.05, 3.63) is 78.6 Å². The van der Waals surface area contributed by atoms with Gasteiger partial charge in [-0.05, 0) is 36.6 Å². The first-order chi connectivity index (χ1) is 18.7. The minimum Gasteiger partial charge on any atom is -0.383 e. The normalized spacial score (nSPS) is 15.9. The van der Waals surface area contributed by atoms with E-state index >= 15 is 0 Å². The van der Waals surface area contributed by atoms with Crippen molar-refractivity contribution in [1.82, 2.24) is 29.4 Å². The van der Waals surface area contributed by atoms with Crippen LogP contribution in [0, 0.1) is 11.6 Å². The Kier molecular flexibility index (Phi) is 7.10. The number of nitrogen functional groups attached to an aromatic ring is 1. The van der Waals surface area contributed by atoms with E-state index in [1.165, 1.54) is 12.4 Å². The number of piperidine rings is 1. The minimum absolute atomic E-state index is 0.116. The molecule has 13 heteroatoms. The van der Waals surface area contributed by atoms with Crippen LogP contribution in [0.25, 0.3) is 22.3 Å². The molecule has 0 spiro atoms. The van der Waals surface area contributed by atoms with Crippen molar-refractivity contribution in [2.24, 2.45) is 0 Å². The predicted octanol–water partition coefficient (Wildman–Crippen LogP) is 3.18. The van der Waals surface area contributed by atoms with Gasteiger partial charge in [-0.3, -0.25) is 4.79 Å². The summed E-state index contributed by atoms with van der Waals surface area (Å²) in [7, 11) is -4.20. The lowest BCUT2D eigenvalue weighted by Crippen LogP contribution is -2.40. The molecule has 2 aromatic carbocycles. The van der Waals surface area contributed by atoms with E-state index in [1.807, 2.05) is 0 Å². The van der Waals surface area contributed by atoms with Crippen LogP contribution in [0.3, 0.4) is 0 Å². The molecule has 2 aromatic heterocycles. The van der Waals surface area contributed by atoms with Gasteiger partial charge in [0.25, 0.3) is 0 Å². The number of nitrogens with two attached hydrogens (primary N) is 1. The number of carbonyl (C=O) groups is 1. The smallest absolute Gasteiger partial charge is 0.246 e. The number of nitrogens with one attached hydrogen (secondary N) is 1. The average molecular weight is 554 g/mol. The number of carbonyl (C=O) groups excluding carboxylic acids is 1. The van der Waals surface area contributed by atoms with Crippen molar-refractivity contribution in [2.45, 2.75) is 30.3 Å². The van der Waals surface area contributed by atoms with Crippen molar-refractivity contribution in [3.63, 3.8) is 0 Å². The van der Waals surface area contributed by atoms with Crippen molar-refractivity contribution in [1.29, 1.82) is 0 Å². The first-order valence-electron chi connectivity index (χ1n) is 12.1. The summed E-state index contributed by atoms with van der Waals surface area (Å²) in [5, 5.41) is 5.40. The third-order valence-corrected chi connectivity index (χ3v) is 8.06. The topological polar surface area (TPSA) is 136 Å². The lowest BCUT2D eigenvalue weighted by atomic mass is 10.1. The fourth-order valence-electron chi connectivity index (χ4n) is 4.67. The second-order valence-electron chi connectivity index (χ2n) is 9.13. The number of nitrogens with zero attached hydrogens (tertiary/aromatic N) is 5. The van der Waals surface area contributed by atoms with Crippen LogP contribution in [0.1, 0.15) is 24.4 Å². The number of fused-ring (bicyclic) bond motifs is 1. The van der Waals surface area contributed by atoms with Crippen LogP contribution >= 0.6 is 0 Å². The van der Waals surface area contributed by atoms with Gasteiger partial charge in [-0.25, -0.2) is 36.6 Å². The summed E-state index contributed by atoms with van der Waals surface area (Å²) >= 11 is 0. The quantitative estimate of drug-likeness (QED) is 0.336. The number of benzene rings is 2. The maximum absolute atomic E-state index is 14.0. The number of amides is 1. The van der Waals surface area contributed by atoms with Crippen molar-refractivity contribution >= 4 is 32.8 Å². The van der Waals surface area contributed by atoms with Crippen LogP contribution in [-0.4, -0.2) is 52.1 Å². The number of hydrogen-bond donors (Lipinski definition) is 2. The van der Waals surface area contributed by atoms with E-state index in [-0.39, 0.29) is 24.3 Å². The molecule has 1 aliphatic heterocycles. The number of rotatable bonds is 7. The fourth-order valence-corrected chi connectivity index (χ4v) is 5.74. The van der Waals surface area contributed by atoms with Crippen molar-refractivity contribution in [3.8, 4) is 11.3 Å². The van der Waals surface area contributed by atoms with Gasteiger partial charge in [0, 0.05) is 31.3 Å². The highest BCUT2D eigenvalue weighted by atomic mass is 32.2. The Morgan fingerprint density at radius 3 is 2.67 bits per heavy atom. The Morgan fingerprint density at radius 2 is 1.95 bits per heavy atom. The summed E-state index contributed by atoms with van der Waals surface area (Å²) < 4.78 is 56.3. The van der Waals surface area contributed by atoms with Crippen LogP contribution < -0.4 is 10.5 Å². The lowest BCUT2D eigenvalue weighted by molar-refractivity contribution is -0.127. The maximum Gasteiger partial charge on any atom is 0.246 e. The standard InChI is InChI=1S/C26H25F2N7O3S/c1-2-22(36)34-11-3-4-19(14-34)35-26-23(25(29)30-15-31-26)24(33-35)17-7-5-16(6-8-17)13-32-39(37,38)21-10-9-18(27)12-20(21)28/h2,5-10,12,15,19,32H,1,3-4,11,13-14H2,(H2,29,30,31). The summed E-state index contributed by atoms with van der Waals surface area (Å²) in [6, 6.07) is 9.09. The molecule has 0 bridgehead atoms. The Balaban J connectivity index is 1.41. The molecule has 10 nitrogen and oxygen atoms in total. The van der Waals surface area contributed by atoms with Crippen LogP contribution in [0.5, 0.6) is 0 Å². The van der Waals surface area contributed by atoms with Gasteiger partial charge in [-0.15, -0.1) is 0 Å². The first kappa shape index (κ1) is 26.4.